The van der Waals surface area contributed by atoms with E-state index >= 15 is 0 Å². The summed E-state index contributed by atoms with van der Waals surface area (Å²) in [6.07, 6.45) is 0.143. The van der Waals surface area contributed by atoms with E-state index in [9.17, 15) is 9.59 Å². The van der Waals surface area contributed by atoms with E-state index in [-0.39, 0.29) is 12.3 Å². The summed E-state index contributed by atoms with van der Waals surface area (Å²) in [5, 5.41) is 9.31. The van der Waals surface area contributed by atoms with Crippen LogP contribution < -0.4 is 0 Å². The maximum Gasteiger partial charge on any atom is 0.304 e. The number of carboxylic acid groups (broad SMARTS) is 1. The summed E-state index contributed by atoms with van der Waals surface area (Å²) in [5.74, 6) is -0.771. The lowest BCUT2D eigenvalue weighted by molar-refractivity contribution is -0.137. The number of carbonyl (C=O) groups is 2. The number of benzene rings is 1. The monoisotopic (exact) mass is 310 g/mol. The van der Waals surface area contributed by atoms with Gasteiger partial charge in [0.2, 0.25) is 0 Å². The lowest BCUT2D eigenvalue weighted by Crippen LogP contribution is -2.49. The van der Waals surface area contributed by atoms with Crippen LogP contribution in [0, 0.1) is 6.92 Å². The number of nitrogens with zero attached hydrogens (tertiary/aromatic N) is 2. The van der Waals surface area contributed by atoms with Crippen LogP contribution in [0.25, 0.3) is 0 Å². The molecular formula is C15H19ClN2O3. The standard InChI is InChI=1S/C15H19ClN2O3/c1-11-10-12(16)2-3-13(11)15(21)18-8-6-17(7-9-18)5-4-14(19)20/h2-3,10H,4-9H2,1H3,(H,19,20). The second-order valence-electron chi connectivity index (χ2n) is 5.24. The summed E-state index contributed by atoms with van der Waals surface area (Å²) in [6.45, 7) is 5.10. The molecule has 0 aromatic heterocycles. The number of carboxylic acids is 1. The molecule has 0 saturated carbocycles. The van der Waals surface area contributed by atoms with Crippen LogP contribution in [0.15, 0.2) is 18.2 Å². The Labute approximate surface area is 129 Å². The Bertz CT molecular complexity index is 540. The molecule has 1 aromatic rings. The predicted molar refractivity (Wildman–Crippen MR) is 80.8 cm³/mol. The number of hydrogen-bond donors (Lipinski definition) is 1. The smallest absolute Gasteiger partial charge is 0.304 e. The van der Waals surface area contributed by atoms with Crippen LogP contribution in [-0.4, -0.2) is 59.5 Å². The first-order chi connectivity index (χ1) is 9.97. The summed E-state index contributed by atoms with van der Waals surface area (Å²) in [5.41, 5.74) is 1.55. The number of carbonyl (C=O) groups excluding carboxylic acids is 1. The van der Waals surface area contributed by atoms with E-state index in [2.05, 4.69) is 4.90 Å². The third-order valence-electron chi connectivity index (χ3n) is 3.72. The van der Waals surface area contributed by atoms with Gasteiger partial charge >= 0.3 is 5.97 Å². The Morgan fingerprint density at radius 1 is 1.24 bits per heavy atom. The number of amides is 1. The molecule has 0 radical (unpaired) electrons. The van der Waals surface area contributed by atoms with Gasteiger partial charge in [-0.3, -0.25) is 14.5 Å². The lowest BCUT2D eigenvalue weighted by atomic mass is 10.1. The second kappa shape index (κ2) is 6.91. The first kappa shape index (κ1) is 15.8. The molecule has 1 heterocycles. The maximum absolute atomic E-state index is 12.5. The Kier molecular flexibility index (Phi) is 5.20. The summed E-state index contributed by atoms with van der Waals surface area (Å²) >= 11 is 5.91. The average molecular weight is 311 g/mol. The number of halogens is 1. The molecule has 0 atom stereocenters. The number of hydrogen-bond acceptors (Lipinski definition) is 3. The highest BCUT2D eigenvalue weighted by Crippen LogP contribution is 2.17. The van der Waals surface area contributed by atoms with Gasteiger partial charge < -0.3 is 10.0 Å². The van der Waals surface area contributed by atoms with Gasteiger partial charge in [-0.25, -0.2) is 0 Å². The summed E-state index contributed by atoms with van der Waals surface area (Å²) in [4.78, 5) is 26.9. The Morgan fingerprint density at radius 2 is 1.90 bits per heavy atom. The zero-order valence-electron chi connectivity index (χ0n) is 12.0. The van der Waals surface area contributed by atoms with E-state index < -0.39 is 5.97 Å². The van der Waals surface area contributed by atoms with Gasteiger partial charge in [0.05, 0.1) is 6.42 Å². The van der Waals surface area contributed by atoms with Crippen molar-refractivity contribution in [2.75, 3.05) is 32.7 Å². The van der Waals surface area contributed by atoms with Crippen LogP contribution in [0.2, 0.25) is 5.02 Å². The molecule has 6 heteroatoms. The highest BCUT2D eigenvalue weighted by atomic mass is 35.5. The van der Waals surface area contributed by atoms with Crippen LogP contribution in [0.3, 0.4) is 0 Å². The molecule has 1 aliphatic rings. The lowest BCUT2D eigenvalue weighted by Gasteiger charge is -2.34. The maximum atomic E-state index is 12.5. The predicted octanol–water partition coefficient (Wildman–Crippen LogP) is 1.88. The van der Waals surface area contributed by atoms with Gasteiger partial charge in [-0.15, -0.1) is 0 Å². The van der Waals surface area contributed by atoms with Gasteiger partial charge in [0, 0.05) is 43.3 Å². The molecule has 5 nitrogen and oxygen atoms in total. The van der Waals surface area contributed by atoms with Crippen molar-refractivity contribution in [3.63, 3.8) is 0 Å². The molecule has 0 spiro atoms. The van der Waals surface area contributed by atoms with Crippen LogP contribution in [0.5, 0.6) is 0 Å². The first-order valence-corrected chi connectivity index (χ1v) is 7.35. The quantitative estimate of drug-likeness (QED) is 0.922. The molecular weight excluding hydrogens is 292 g/mol. The molecule has 0 unspecified atom stereocenters. The highest BCUT2D eigenvalue weighted by molar-refractivity contribution is 6.30. The van der Waals surface area contributed by atoms with Gasteiger partial charge in [0.1, 0.15) is 0 Å². The fourth-order valence-corrected chi connectivity index (χ4v) is 2.69. The van der Waals surface area contributed by atoms with E-state index in [4.69, 9.17) is 16.7 Å². The van der Waals surface area contributed by atoms with Crippen molar-refractivity contribution in [1.29, 1.82) is 0 Å². The van der Waals surface area contributed by atoms with Crippen molar-refractivity contribution >= 4 is 23.5 Å². The summed E-state index contributed by atoms with van der Waals surface area (Å²) in [6, 6.07) is 5.28. The van der Waals surface area contributed by atoms with Gasteiger partial charge in [-0.05, 0) is 30.7 Å². The van der Waals surface area contributed by atoms with Gasteiger partial charge in [0.15, 0.2) is 0 Å². The molecule has 2 rings (SSSR count). The van der Waals surface area contributed by atoms with Crippen molar-refractivity contribution in [3.8, 4) is 0 Å². The molecule has 0 aliphatic carbocycles. The Morgan fingerprint density at radius 3 is 2.48 bits per heavy atom. The van der Waals surface area contributed by atoms with E-state index in [0.717, 1.165) is 5.56 Å². The zero-order valence-corrected chi connectivity index (χ0v) is 12.8. The number of aryl methyl sites for hydroxylation is 1. The van der Waals surface area contributed by atoms with Crippen molar-refractivity contribution in [2.45, 2.75) is 13.3 Å². The third kappa shape index (κ3) is 4.19. The van der Waals surface area contributed by atoms with Crippen molar-refractivity contribution in [3.05, 3.63) is 34.3 Å². The minimum absolute atomic E-state index is 0.0158. The van der Waals surface area contributed by atoms with Crippen LogP contribution in [0.4, 0.5) is 0 Å². The Balaban J connectivity index is 1.92. The molecule has 1 N–H and O–H groups in total. The molecule has 1 aliphatic heterocycles. The summed E-state index contributed by atoms with van der Waals surface area (Å²) in [7, 11) is 0. The Hall–Kier alpha value is -1.59. The van der Waals surface area contributed by atoms with Crippen LogP contribution in [-0.2, 0) is 4.79 Å². The first-order valence-electron chi connectivity index (χ1n) is 6.97. The fourth-order valence-electron chi connectivity index (χ4n) is 2.47. The molecule has 1 fully saturated rings. The van der Waals surface area contributed by atoms with Crippen molar-refractivity contribution in [1.82, 2.24) is 9.80 Å². The normalized spacial score (nSPS) is 16.0. The third-order valence-corrected chi connectivity index (χ3v) is 3.96. The minimum atomic E-state index is -0.787. The minimum Gasteiger partial charge on any atom is -0.481 e. The largest absolute Gasteiger partial charge is 0.481 e. The van der Waals surface area contributed by atoms with E-state index in [0.29, 0.717) is 43.3 Å². The second-order valence-corrected chi connectivity index (χ2v) is 5.67. The van der Waals surface area contributed by atoms with Gasteiger partial charge in [-0.1, -0.05) is 11.6 Å². The topological polar surface area (TPSA) is 60.9 Å². The zero-order chi connectivity index (χ0) is 15.4. The van der Waals surface area contributed by atoms with Gasteiger partial charge in [0.25, 0.3) is 5.91 Å². The van der Waals surface area contributed by atoms with Crippen molar-refractivity contribution in [2.24, 2.45) is 0 Å². The van der Waals surface area contributed by atoms with E-state index in [1.54, 1.807) is 18.2 Å². The summed E-state index contributed by atoms with van der Waals surface area (Å²) < 4.78 is 0. The molecule has 1 saturated heterocycles. The van der Waals surface area contributed by atoms with E-state index in [1.807, 2.05) is 11.8 Å². The van der Waals surface area contributed by atoms with Crippen molar-refractivity contribution < 1.29 is 14.7 Å². The molecule has 0 bridgehead atoms. The van der Waals surface area contributed by atoms with E-state index in [1.165, 1.54) is 0 Å². The van der Waals surface area contributed by atoms with Crippen LogP contribution >= 0.6 is 11.6 Å². The number of rotatable bonds is 4. The molecule has 21 heavy (non-hydrogen) atoms. The van der Waals surface area contributed by atoms with Gasteiger partial charge in [-0.2, -0.15) is 0 Å². The number of aliphatic carboxylic acids is 1. The fraction of sp³-hybridized carbons (Fsp3) is 0.467. The molecule has 114 valence electrons. The average Bonchev–Trinajstić information content (AvgIpc) is 2.45. The highest BCUT2D eigenvalue weighted by Gasteiger charge is 2.23. The van der Waals surface area contributed by atoms with Crippen LogP contribution in [0.1, 0.15) is 22.3 Å². The molecule has 1 amide bonds. The molecule has 1 aromatic carbocycles. The SMILES string of the molecule is Cc1cc(Cl)ccc1C(=O)N1CCN(CCC(=O)O)CC1. The number of piperazine rings is 1.